The van der Waals surface area contributed by atoms with Gasteiger partial charge in [0, 0.05) is 24.6 Å². The first-order chi connectivity index (χ1) is 8.63. The van der Waals surface area contributed by atoms with Gasteiger partial charge in [-0.15, -0.1) is 0 Å². The number of nitrogens with zero attached hydrogens (tertiary/aromatic N) is 1. The van der Waals surface area contributed by atoms with Crippen molar-refractivity contribution >= 4 is 11.6 Å². The van der Waals surface area contributed by atoms with E-state index < -0.39 is 0 Å². The van der Waals surface area contributed by atoms with E-state index in [2.05, 4.69) is 0 Å². The van der Waals surface area contributed by atoms with Crippen LogP contribution in [0.15, 0.2) is 18.2 Å². The van der Waals surface area contributed by atoms with Gasteiger partial charge in [-0.25, -0.2) is 4.39 Å². The standard InChI is InChI=1S/C13H17FN2O2/c14-11-3-1-2-10(8-17)12(11)16-6-4-9(5-7-16)13(15)18/h1-3,9,17H,4-8H2,(H2,15,18). The molecule has 1 aromatic rings. The number of carbonyl (C=O) groups excluding carboxylic acids is 1. The van der Waals surface area contributed by atoms with E-state index in [0.29, 0.717) is 37.2 Å². The maximum atomic E-state index is 13.8. The van der Waals surface area contributed by atoms with Crippen LogP contribution in [0.4, 0.5) is 10.1 Å². The number of halogens is 1. The molecular weight excluding hydrogens is 235 g/mol. The molecule has 18 heavy (non-hydrogen) atoms. The Morgan fingerprint density at radius 2 is 2.11 bits per heavy atom. The molecule has 1 aromatic carbocycles. The smallest absolute Gasteiger partial charge is 0.220 e. The number of primary amides is 1. The van der Waals surface area contributed by atoms with Gasteiger partial charge < -0.3 is 15.7 Å². The minimum Gasteiger partial charge on any atom is -0.392 e. The van der Waals surface area contributed by atoms with Gasteiger partial charge in [0.2, 0.25) is 5.91 Å². The zero-order valence-electron chi connectivity index (χ0n) is 10.1. The molecule has 3 N–H and O–H groups in total. The molecule has 2 rings (SSSR count). The molecule has 0 unspecified atom stereocenters. The summed E-state index contributed by atoms with van der Waals surface area (Å²) in [7, 11) is 0. The summed E-state index contributed by atoms with van der Waals surface area (Å²) in [6.07, 6.45) is 1.27. The summed E-state index contributed by atoms with van der Waals surface area (Å²) < 4.78 is 13.8. The van der Waals surface area contributed by atoms with Gasteiger partial charge in [0.1, 0.15) is 5.82 Å². The van der Waals surface area contributed by atoms with Crippen LogP contribution in [0.5, 0.6) is 0 Å². The zero-order valence-corrected chi connectivity index (χ0v) is 10.1. The topological polar surface area (TPSA) is 66.6 Å². The minimum atomic E-state index is -0.334. The maximum Gasteiger partial charge on any atom is 0.220 e. The Hall–Kier alpha value is -1.62. The van der Waals surface area contributed by atoms with Gasteiger partial charge >= 0.3 is 0 Å². The molecule has 5 heteroatoms. The quantitative estimate of drug-likeness (QED) is 0.844. The number of piperidine rings is 1. The molecule has 0 aromatic heterocycles. The first-order valence-electron chi connectivity index (χ1n) is 6.06. The van der Waals surface area contributed by atoms with E-state index in [1.165, 1.54) is 6.07 Å². The second-order valence-electron chi connectivity index (χ2n) is 4.57. The summed E-state index contributed by atoms with van der Waals surface area (Å²) >= 11 is 0. The van der Waals surface area contributed by atoms with Gasteiger partial charge in [-0.2, -0.15) is 0 Å². The van der Waals surface area contributed by atoms with Crippen molar-refractivity contribution < 1.29 is 14.3 Å². The van der Waals surface area contributed by atoms with E-state index in [1.807, 2.05) is 4.90 Å². The van der Waals surface area contributed by atoms with Gasteiger partial charge in [-0.1, -0.05) is 12.1 Å². The average Bonchev–Trinajstić information content (AvgIpc) is 2.38. The highest BCUT2D eigenvalue weighted by molar-refractivity contribution is 5.77. The zero-order chi connectivity index (χ0) is 13.1. The van der Waals surface area contributed by atoms with Gasteiger partial charge in [0.25, 0.3) is 0 Å². The molecule has 0 saturated carbocycles. The maximum absolute atomic E-state index is 13.8. The molecule has 4 nitrogen and oxygen atoms in total. The van der Waals surface area contributed by atoms with Crippen molar-refractivity contribution in [2.75, 3.05) is 18.0 Å². The van der Waals surface area contributed by atoms with Crippen LogP contribution < -0.4 is 10.6 Å². The van der Waals surface area contributed by atoms with Crippen LogP contribution in [0.2, 0.25) is 0 Å². The van der Waals surface area contributed by atoms with Crippen LogP contribution in [0, 0.1) is 11.7 Å². The Balaban J connectivity index is 2.17. The van der Waals surface area contributed by atoms with Crippen molar-refractivity contribution in [1.82, 2.24) is 0 Å². The molecule has 1 heterocycles. The van der Waals surface area contributed by atoms with Crippen LogP contribution in [-0.4, -0.2) is 24.1 Å². The number of carbonyl (C=O) groups is 1. The van der Waals surface area contributed by atoms with Crippen LogP contribution in [-0.2, 0) is 11.4 Å². The third-order valence-corrected chi connectivity index (χ3v) is 3.45. The van der Waals surface area contributed by atoms with Crippen molar-refractivity contribution in [1.29, 1.82) is 0 Å². The molecule has 1 aliphatic heterocycles. The summed E-state index contributed by atoms with van der Waals surface area (Å²) in [5, 5.41) is 9.25. The number of hydrogen-bond acceptors (Lipinski definition) is 3. The number of aliphatic hydroxyl groups is 1. The molecule has 0 atom stereocenters. The van der Waals surface area contributed by atoms with Gasteiger partial charge in [-0.05, 0) is 18.9 Å². The van der Waals surface area contributed by atoms with Gasteiger partial charge in [-0.3, -0.25) is 4.79 Å². The Bertz CT molecular complexity index is 443. The lowest BCUT2D eigenvalue weighted by Gasteiger charge is -2.33. The Labute approximate surface area is 105 Å². The minimum absolute atomic E-state index is 0.120. The number of rotatable bonds is 3. The number of aliphatic hydroxyl groups excluding tert-OH is 1. The first kappa shape index (κ1) is 12.8. The van der Waals surface area contributed by atoms with Crippen molar-refractivity contribution in [3.05, 3.63) is 29.6 Å². The van der Waals surface area contributed by atoms with E-state index >= 15 is 0 Å². The highest BCUT2D eigenvalue weighted by atomic mass is 19.1. The number of benzene rings is 1. The van der Waals surface area contributed by atoms with Crippen LogP contribution in [0.3, 0.4) is 0 Å². The van der Waals surface area contributed by atoms with Crippen LogP contribution in [0.25, 0.3) is 0 Å². The highest BCUT2D eigenvalue weighted by Gasteiger charge is 2.25. The second kappa shape index (κ2) is 5.35. The van der Waals surface area contributed by atoms with Crippen molar-refractivity contribution in [3.63, 3.8) is 0 Å². The number of hydrogen-bond donors (Lipinski definition) is 2. The molecule has 98 valence electrons. The SMILES string of the molecule is NC(=O)C1CCN(c2c(F)cccc2CO)CC1. The Morgan fingerprint density at radius 1 is 1.44 bits per heavy atom. The number of nitrogens with two attached hydrogens (primary N) is 1. The molecule has 1 fully saturated rings. The Morgan fingerprint density at radius 3 is 2.67 bits per heavy atom. The van der Waals surface area contributed by atoms with Crippen molar-refractivity contribution in [3.8, 4) is 0 Å². The van der Waals surface area contributed by atoms with E-state index in [9.17, 15) is 14.3 Å². The number of para-hydroxylation sites is 1. The molecule has 1 saturated heterocycles. The fourth-order valence-corrected chi connectivity index (χ4v) is 2.43. The molecule has 0 radical (unpaired) electrons. The fraction of sp³-hybridized carbons (Fsp3) is 0.462. The van der Waals surface area contributed by atoms with Gasteiger partial charge in [0.15, 0.2) is 0 Å². The largest absolute Gasteiger partial charge is 0.392 e. The molecule has 1 amide bonds. The number of amides is 1. The molecular formula is C13H17FN2O2. The van der Waals surface area contributed by atoms with E-state index in [0.717, 1.165) is 0 Å². The van der Waals surface area contributed by atoms with Crippen LogP contribution in [0.1, 0.15) is 18.4 Å². The summed E-state index contributed by atoms with van der Waals surface area (Å²) in [6, 6.07) is 4.67. The summed E-state index contributed by atoms with van der Waals surface area (Å²) in [5.41, 5.74) is 6.29. The second-order valence-corrected chi connectivity index (χ2v) is 4.57. The van der Waals surface area contributed by atoms with Crippen molar-refractivity contribution in [2.45, 2.75) is 19.4 Å². The Kier molecular flexibility index (Phi) is 3.81. The molecule has 0 spiro atoms. The first-order valence-corrected chi connectivity index (χ1v) is 6.06. The third-order valence-electron chi connectivity index (χ3n) is 3.45. The monoisotopic (exact) mass is 252 g/mol. The lowest BCUT2D eigenvalue weighted by atomic mass is 9.95. The summed E-state index contributed by atoms with van der Waals surface area (Å²) in [6.45, 7) is 0.978. The number of anilines is 1. The molecule has 1 aliphatic rings. The molecule has 0 aliphatic carbocycles. The van der Waals surface area contributed by atoms with E-state index in [1.54, 1.807) is 12.1 Å². The molecule has 0 bridgehead atoms. The van der Waals surface area contributed by atoms with E-state index in [4.69, 9.17) is 5.73 Å². The van der Waals surface area contributed by atoms with Crippen molar-refractivity contribution in [2.24, 2.45) is 11.7 Å². The predicted octanol–water partition coefficient (Wildman–Crippen LogP) is 1.02. The van der Waals surface area contributed by atoms with Crippen LogP contribution >= 0.6 is 0 Å². The lowest BCUT2D eigenvalue weighted by Crippen LogP contribution is -2.39. The summed E-state index contributed by atoms with van der Waals surface area (Å²) in [5.74, 6) is -0.741. The highest BCUT2D eigenvalue weighted by Crippen LogP contribution is 2.29. The average molecular weight is 252 g/mol. The summed E-state index contributed by atoms with van der Waals surface area (Å²) in [4.78, 5) is 13.0. The lowest BCUT2D eigenvalue weighted by molar-refractivity contribution is -0.122. The normalized spacial score (nSPS) is 16.9. The van der Waals surface area contributed by atoms with E-state index in [-0.39, 0.29) is 24.2 Å². The fourth-order valence-electron chi connectivity index (χ4n) is 2.43. The van der Waals surface area contributed by atoms with Gasteiger partial charge in [0.05, 0.1) is 12.3 Å². The predicted molar refractivity (Wildman–Crippen MR) is 66.5 cm³/mol. The third kappa shape index (κ3) is 2.46.